The summed E-state index contributed by atoms with van der Waals surface area (Å²) >= 11 is 0. The van der Waals surface area contributed by atoms with E-state index in [4.69, 9.17) is 10.5 Å². The first-order valence-corrected chi connectivity index (χ1v) is 11.2. The van der Waals surface area contributed by atoms with E-state index in [0.717, 1.165) is 22.4 Å². The topological polar surface area (TPSA) is 122 Å². The smallest absolute Gasteiger partial charge is 0.202 e. The molecular formula is C23H27F2N9O. The van der Waals surface area contributed by atoms with Crippen molar-refractivity contribution < 1.29 is 13.5 Å². The summed E-state index contributed by atoms with van der Waals surface area (Å²) < 4.78 is 38.0. The maximum atomic E-state index is 15.0. The average molecular weight is 484 g/mol. The first kappa shape index (κ1) is 24.2. The van der Waals surface area contributed by atoms with Crippen LogP contribution < -0.4 is 15.8 Å². The second-order valence-corrected chi connectivity index (χ2v) is 8.43. The highest BCUT2D eigenvalue weighted by Gasteiger charge is 2.22. The first-order chi connectivity index (χ1) is 16.9. The van der Waals surface area contributed by atoms with Gasteiger partial charge in [0.2, 0.25) is 5.82 Å². The molecule has 4 rings (SSSR count). The summed E-state index contributed by atoms with van der Waals surface area (Å²) in [7, 11) is 1.80. The van der Waals surface area contributed by atoms with Crippen LogP contribution in [-0.2, 0) is 6.54 Å². The van der Waals surface area contributed by atoms with Gasteiger partial charge in [-0.25, -0.2) is 9.37 Å². The van der Waals surface area contributed by atoms with Crippen LogP contribution in [0.4, 0.5) is 14.6 Å². The third-order valence-electron chi connectivity index (χ3n) is 5.23. The Kier molecular flexibility index (Phi) is 7.30. The molecule has 0 fully saturated rings. The van der Waals surface area contributed by atoms with Gasteiger partial charge in [-0.2, -0.15) is 14.2 Å². The lowest BCUT2D eigenvalue weighted by atomic mass is 10.1. The minimum absolute atomic E-state index is 0.118. The number of benzene rings is 1. The predicted octanol–water partition coefficient (Wildman–Crippen LogP) is 3.09. The number of nitrogen functional groups attached to an aromatic ring is 1. The summed E-state index contributed by atoms with van der Waals surface area (Å²) in [6.07, 6.45) is 5.90. The number of nitrogens with zero attached hydrogens (tertiary/aromatic N) is 7. The Morgan fingerprint density at radius 1 is 1.14 bits per heavy atom. The van der Waals surface area contributed by atoms with Crippen molar-refractivity contribution in [1.82, 2.24) is 40.3 Å². The van der Waals surface area contributed by atoms with E-state index in [9.17, 15) is 4.39 Å². The zero-order valence-corrected chi connectivity index (χ0v) is 19.7. The van der Waals surface area contributed by atoms with Crippen molar-refractivity contribution in [3.8, 4) is 34.0 Å². The van der Waals surface area contributed by atoms with Crippen molar-refractivity contribution in [2.45, 2.75) is 26.8 Å². The van der Waals surface area contributed by atoms with Crippen molar-refractivity contribution in [3.05, 3.63) is 48.4 Å². The molecule has 3 N–H and O–H groups in total. The highest BCUT2D eigenvalue weighted by Crippen LogP contribution is 2.31. The molecule has 0 aliphatic rings. The van der Waals surface area contributed by atoms with Crippen LogP contribution >= 0.6 is 0 Å². The summed E-state index contributed by atoms with van der Waals surface area (Å²) in [5, 5.41) is 18.9. The molecule has 1 aromatic carbocycles. The molecule has 184 valence electrons. The zero-order valence-electron chi connectivity index (χ0n) is 19.7. The number of aromatic nitrogens is 7. The molecule has 4 aromatic rings. The molecule has 0 amide bonds. The maximum absolute atomic E-state index is 15.0. The van der Waals surface area contributed by atoms with Crippen LogP contribution in [0.1, 0.15) is 20.3 Å². The molecule has 0 saturated carbocycles. The Bertz CT molecular complexity index is 1300. The fourth-order valence-corrected chi connectivity index (χ4v) is 3.54. The largest absolute Gasteiger partial charge is 0.490 e. The molecule has 0 unspecified atom stereocenters. The van der Waals surface area contributed by atoms with E-state index in [1.807, 2.05) is 10.9 Å². The van der Waals surface area contributed by atoms with Crippen molar-refractivity contribution >= 4 is 5.82 Å². The number of nitrogens with two attached hydrogens (primary N) is 1. The van der Waals surface area contributed by atoms with Crippen LogP contribution in [0.25, 0.3) is 28.2 Å². The summed E-state index contributed by atoms with van der Waals surface area (Å²) in [5.41, 5.74) is 7.87. The number of anilines is 1. The van der Waals surface area contributed by atoms with E-state index in [1.54, 1.807) is 25.5 Å². The van der Waals surface area contributed by atoms with Crippen LogP contribution in [0.2, 0.25) is 0 Å². The van der Waals surface area contributed by atoms with E-state index in [-0.39, 0.29) is 29.7 Å². The van der Waals surface area contributed by atoms with E-state index < -0.39 is 11.6 Å². The van der Waals surface area contributed by atoms with Gasteiger partial charge in [-0.3, -0.25) is 4.68 Å². The van der Waals surface area contributed by atoms with Crippen LogP contribution in [-0.4, -0.2) is 55.2 Å². The van der Waals surface area contributed by atoms with Gasteiger partial charge in [-0.1, -0.05) is 13.8 Å². The van der Waals surface area contributed by atoms with Crippen LogP contribution in [0.3, 0.4) is 0 Å². The molecule has 3 heterocycles. The minimum atomic E-state index is -1.14. The van der Waals surface area contributed by atoms with E-state index in [1.165, 1.54) is 12.1 Å². The lowest BCUT2D eigenvalue weighted by molar-refractivity contribution is 0.289. The van der Waals surface area contributed by atoms with Crippen LogP contribution in [0.5, 0.6) is 5.75 Å². The predicted molar refractivity (Wildman–Crippen MR) is 127 cm³/mol. The molecule has 35 heavy (non-hydrogen) atoms. The number of ether oxygens (including phenoxy) is 1. The van der Waals surface area contributed by atoms with E-state index in [2.05, 4.69) is 44.8 Å². The molecular weight excluding hydrogens is 456 g/mol. The van der Waals surface area contributed by atoms with Crippen LogP contribution in [0.15, 0.2) is 36.8 Å². The zero-order chi connectivity index (χ0) is 24.9. The van der Waals surface area contributed by atoms with E-state index >= 15 is 4.39 Å². The number of hydrogen-bond donors (Lipinski definition) is 2. The van der Waals surface area contributed by atoms with Gasteiger partial charge in [0.25, 0.3) is 0 Å². The molecule has 0 saturated heterocycles. The highest BCUT2D eigenvalue weighted by molar-refractivity contribution is 5.76. The van der Waals surface area contributed by atoms with Crippen LogP contribution in [0, 0.1) is 17.6 Å². The highest BCUT2D eigenvalue weighted by atomic mass is 19.2. The summed E-state index contributed by atoms with van der Waals surface area (Å²) in [6.45, 7) is 5.93. The number of pyridine rings is 1. The van der Waals surface area contributed by atoms with Crippen molar-refractivity contribution in [1.29, 1.82) is 0 Å². The Morgan fingerprint density at radius 3 is 2.74 bits per heavy atom. The van der Waals surface area contributed by atoms with Gasteiger partial charge in [0.15, 0.2) is 17.4 Å². The fraction of sp³-hybridized carbons (Fsp3) is 0.348. The van der Waals surface area contributed by atoms with Crippen molar-refractivity contribution in [2.75, 3.05) is 25.9 Å². The molecule has 12 heteroatoms. The summed E-state index contributed by atoms with van der Waals surface area (Å²) in [4.78, 5) is 4.26. The molecule has 0 radical (unpaired) electrons. The Balaban J connectivity index is 1.66. The van der Waals surface area contributed by atoms with E-state index in [0.29, 0.717) is 24.4 Å². The lowest BCUT2D eigenvalue weighted by Gasteiger charge is -2.12. The number of nitrogens with one attached hydrogen (secondary N) is 1. The average Bonchev–Trinajstić information content (AvgIpc) is 3.49. The quantitative estimate of drug-likeness (QED) is 0.330. The van der Waals surface area contributed by atoms with Gasteiger partial charge in [0.05, 0.1) is 18.4 Å². The summed E-state index contributed by atoms with van der Waals surface area (Å²) in [6, 6.07) is 4.45. The molecule has 0 atom stereocenters. The fourth-order valence-electron chi connectivity index (χ4n) is 3.54. The van der Waals surface area contributed by atoms with Gasteiger partial charge in [-0.15, -0.1) is 5.10 Å². The number of tetrazole rings is 1. The minimum Gasteiger partial charge on any atom is -0.490 e. The normalized spacial score (nSPS) is 11.4. The molecule has 0 aliphatic carbocycles. The Labute approximate surface area is 201 Å². The van der Waals surface area contributed by atoms with Crippen molar-refractivity contribution in [2.24, 2.45) is 5.92 Å². The Hall–Kier alpha value is -3.93. The molecule has 0 aliphatic heterocycles. The maximum Gasteiger partial charge on any atom is 0.202 e. The van der Waals surface area contributed by atoms with Gasteiger partial charge >= 0.3 is 0 Å². The number of hydrogen-bond acceptors (Lipinski definition) is 8. The second kappa shape index (κ2) is 10.6. The van der Waals surface area contributed by atoms with Gasteiger partial charge in [0.1, 0.15) is 11.5 Å². The monoisotopic (exact) mass is 483 g/mol. The summed E-state index contributed by atoms with van der Waals surface area (Å²) in [5.74, 6) is -1.74. The molecule has 0 bridgehead atoms. The third-order valence-corrected chi connectivity index (χ3v) is 5.23. The lowest BCUT2D eigenvalue weighted by Crippen LogP contribution is -2.12. The molecule has 10 nitrogen and oxygen atoms in total. The Morgan fingerprint density at radius 2 is 1.97 bits per heavy atom. The molecule has 0 spiro atoms. The van der Waals surface area contributed by atoms with Crippen molar-refractivity contribution in [3.63, 3.8) is 0 Å². The number of rotatable bonds is 10. The number of halogens is 2. The first-order valence-electron chi connectivity index (χ1n) is 11.2. The standard InChI is InChI=1S/C23H27F2N9O/c1-14(2)12-33-13-16(11-29-33)15-9-17(22(26)28-10-15)23-30-31-32-34(23)18-5-6-19(21(25)20(18)24)35-8-4-7-27-3/h5-6,9-11,13-14,27H,4,7-8,12H2,1-3H3,(H2,26,28). The van der Waals surface area contributed by atoms with Gasteiger partial charge in [0, 0.05) is 30.1 Å². The second-order valence-electron chi connectivity index (χ2n) is 8.43. The SMILES string of the molecule is CNCCCOc1ccc(-n2nnnc2-c2cc(-c3cnn(CC(C)C)c3)cnc2N)c(F)c1F. The van der Waals surface area contributed by atoms with Gasteiger partial charge in [-0.05, 0) is 54.6 Å². The van der Waals surface area contributed by atoms with Gasteiger partial charge < -0.3 is 15.8 Å². The third kappa shape index (κ3) is 5.27. The molecule has 3 aromatic heterocycles.